The van der Waals surface area contributed by atoms with Crippen molar-refractivity contribution in [2.45, 2.75) is 17.8 Å². The second kappa shape index (κ2) is 7.35. The minimum atomic E-state index is -0.302. The highest BCUT2D eigenvalue weighted by Crippen LogP contribution is 2.28. The van der Waals surface area contributed by atoms with E-state index >= 15 is 0 Å². The normalized spacial score (nSPS) is 10.8. The first-order valence-electron chi connectivity index (χ1n) is 7.49. The van der Waals surface area contributed by atoms with Crippen LogP contribution < -0.4 is 10.6 Å². The first-order chi connectivity index (χ1) is 11.7. The van der Waals surface area contributed by atoms with Crippen LogP contribution in [-0.4, -0.2) is 21.5 Å². The molecule has 0 bridgehead atoms. The molecule has 2 aromatic carbocycles. The molecule has 24 heavy (non-hydrogen) atoms. The third-order valence-corrected chi connectivity index (χ3v) is 4.39. The highest BCUT2D eigenvalue weighted by atomic mass is 32.2. The van der Waals surface area contributed by atoms with Crippen LogP contribution in [0.3, 0.4) is 0 Å². The van der Waals surface area contributed by atoms with Gasteiger partial charge >= 0.3 is 0 Å². The van der Waals surface area contributed by atoms with Crippen molar-refractivity contribution >= 4 is 11.8 Å². The van der Waals surface area contributed by atoms with E-state index in [-0.39, 0.29) is 5.82 Å². The van der Waals surface area contributed by atoms with E-state index in [1.807, 2.05) is 31.2 Å². The van der Waals surface area contributed by atoms with Gasteiger partial charge in [0.05, 0.1) is 6.61 Å². The highest BCUT2D eigenvalue weighted by Gasteiger charge is 2.13. The third kappa shape index (κ3) is 3.51. The lowest BCUT2D eigenvalue weighted by Gasteiger charge is -2.09. The average Bonchev–Trinajstić information content (AvgIpc) is 2.96. The number of nitrogens with zero attached hydrogens (tertiary/aromatic N) is 3. The number of nitrogens with two attached hydrogens (primary N) is 1. The molecule has 0 aliphatic heterocycles. The van der Waals surface area contributed by atoms with Crippen LogP contribution in [0, 0.1) is 5.82 Å². The number of rotatable bonds is 6. The van der Waals surface area contributed by atoms with Gasteiger partial charge < -0.3 is 10.6 Å². The van der Waals surface area contributed by atoms with Crippen LogP contribution in [-0.2, 0) is 5.75 Å². The van der Waals surface area contributed by atoms with Gasteiger partial charge in [-0.1, -0.05) is 30.0 Å². The highest BCUT2D eigenvalue weighted by molar-refractivity contribution is 7.98. The van der Waals surface area contributed by atoms with Crippen molar-refractivity contribution < 1.29 is 9.13 Å². The zero-order chi connectivity index (χ0) is 16.9. The maximum absolute atomic E-state index is 13.0. The van der Waals surface area contributed by atoms with Gasteiger partial charge in [-0.25, -0.2) is 9.07 Å². The summed E-state index contributed by atoms with van der Waals surface area (Å²) in [7, 11) is 0. The molecule has 0 spiro atoms. The Balaban J connectivity index is 1.76. The minimum absolute atomic E-state index is 0.302. The van der Waals surface area contributed by atoms with Crippen molar-refractivity contribution in [3.05, 3.63) is 59.9 Å². The van der Waals surface area contributed by atoms with Crippen LogP contribution in [0.1, 0.15) is 12.5 Å². The first-order valence-corrected chi connectivity index (χ1v) is 8.47. The molecular weight excluding hydrogens is 327 g/mol. The van der Waals surface area contributed by atoms with E-state index in [1.165, 1.54) is 28.6 Å². The van der Waals surface area contributed by atoms with Gasteiger partial charge in [0.1, 0.15) is 11.6 Å². The summed E-state index contributed by atoms with van der Waals surface area (Å²) >= 11 is 1.47. The van der Waals surface area contributed by atoms with Crippen molar-refractivity contribution in [2.75, 3.05) is 12.4 Å². The van der Waals surface area contributed by atoms with Crippen molar-refractivity contribution in [1.82, 2.24) is 14.9 Å². The molecular formula is C17H17FN4OS. The van der Waals surface area contributed by atoms with Crippen molar-refractivity contribution in [3.8, 4) is 17.1 Å². The molecule has 0 atom stereocenters. The fourth-order valence-corrected chi connectivity index (χ4v) is 3.08. The van der Waals surface area contributed by atoms with Gasteiger partial charge in [-0.05, 0) is 37.3 Å². The van der Waals surface area contributed by atoms with Gasteiger partial charge in [-0.3, -0.25) is 0 Å². The summed E-state index contributed by atoms with van der Waals surface area (Å²) in [6.45, 7) is 2.57. The molecule has 124 valence electrons. The number of ether oxygens (including phenoxy) is 1. The van der Waals surface area contributed by atoms with Gasteiger partial charge in [0.15, 0.2) is 5.82 Å². The summed E-state index contributed by atoms with van der Waals surface area (Å²) in [4.78, 5) is 0. The van der Waals surface area contributed by atoms with Crippen LogP contribution in [0.2, 0.25) is 0 Å². The average molecular weight is 344 g/mol. The fraction of sp³-hybridized carbons (Fsp3) is 0.176. The Kier molecular flexibility index (Phi) is 5.00. The third-order valence-electron chi connectivity index (χ3n) is 3.40. The molecule has 3 aromatic rings. The lowest BCUT2D eigenvalue weighted by Crippen LogP contribution is -2.11. The maximum Gasteiger partial charge on any atom is 0.210 e. The maximum atomic E-state index is 13.0. The van der Waals surface area contributed by atoms with E-state index in [9.17, 15) is 4.39 Å². The van der Waals surface area contributed by atoms with E-state index in [1.54, 1.807) is 12.1 Å². The molecule has 1 heterocycles. The fourth-order valence-electron chi connectivity index (χ4n) is 2.23. The van der Waals surface area contributed by atoms with Crippen molar-refractivity contribution in [2.24, 2.45) is 0 Å². The summed E-state index contributed by atoms with van der Waals surface area (Å²) in [5.41, 5.74) is 1.78. The lowest BCUT2D eigenvalue weighted by molar-refractivity contribution is 0.337. The monoisotopic (exact) mass is 344 g/mol. The number of thioether (sulfide) groups is 1. The van der Waals surface area contributed by atoms with Crippen LogP contribution in [0.4, 0.5) is 4.39 Å². The molecule has 2 N–H and O–H groups in total. The molecule has 3 rings (SSSR count). The molecule has 1 aromatic heterocycles. The SMILES string of the molecule is CCOc1ccccc1CSc1nnc(-c2ccc(F)cc2)n1N. The summed E-state index contributed by atoms with van der Waals surface area (Å²) in [5.74, 6) is 7.79. The van der Waals surface area contributed by atoms with Crippen molar-refractivity contribution in [1.29, 1.82) is 0 Å². The molecule has 0 saturated carbocycles. The number of halogens is 1. The largest absolute Gasteiger partial charge is 0.494 e. The van der Waals surface area contributed by atoms with Crippen molar-refractivity contribution in [3.63, 3.8) is 0 Å². The molecule has 0 aliphatic rings. The Morgan fingerprint density at radius 2 is 1.88 bits per heavy atom. The second-order valence-electron chi connectivity index (χ2n) is 5.01. The standard InChI is InChI=1S/C17H17FN4OS/c1-2-23-15-6-4-3-5-13(15)11-24-17-21-20-16(22(17)19)12-7-9-14(18)10-8-12/h3-10H,2,11,19H2,1H3. The summed E-state index contributed by atoms with van der Waals surface area (Å²) < 4.78 is 20.1. The molecule has 5 nitrogen and oxygen atoms in total. The van der Waals surface area contributed by atoms with E-state index in [0.29, 0.717) is 28.9 Å². The summed E-state index contributed by atoms with van der Waals surface area (Å²) in [5, 5.41) is 8.81. The van der Waals surface area contributed by atoms with Gasteiger partial charge in [0.25, 0.3) is 0 Å². The number of hydrogen-bond acceptors (Lipinski definition) is 5. The quantitative estimate of drug-likeness (QED) is 0.548. The molecule has 0 aliphatic carbocycles. The zero-order valence-electron chi connectivity index (χ0n) is 13.1. The van der Waals surface area contributed by atoms with E-state index in [2.05, 4.69) is 10.2 Å². The molecule has 0 saturated heterocycles. The van der Waals surface area contributed by atoms with Crippen LogP contribution >= 0.6 is 11.8 Å². The van der Waals surface area contributed by atoms with E-state index in [4.69, 9.17) is 10.6 Å². The smallest absolute Gasteiger partial charge is 0.210 e. The Morgan fingerprint density at radius 1 is 1.12 bits per heavy atom. The molecule has 0 unspecified atom stereocenters. The number of para-hydroxylation sites is 1. The predicted octanol–water partition coefficient (Wildman–Crippen LogP) is 3.49. The number of hydrogen-bond donors (Lipinski definition) is 1. The lowest BCUT2D eigenvalue weighted by atomic mass is 10.2. The Labute approximate surface area is 143 Å². The topological polar surface area (TPSA) is 66.0 Å². The van der Waals surface area contributed by atoms with Gasteiger partial charge in [0.2, 0.25) is 5.16 Å². The Morgan fingerprint density at radius 3 is 2.62 bits per heavy atom. The molecule has 0 radical (unpaired) electrons. The second-order valence-corrected chi connectivity index (χ2v) is 5.95. The van der Waals surface area contributed by atoms with Crippen LogP contribution in [0.25, 0.3) is 11.4 Å². The van der Waals surface area contributed by atoms with Crippen LogP contribution in [0.15, 0.2) is 53.7 Å². The van der Waals surface area contributed by atoms with E-state index < -0.39 is 0 Å². The Hall–Kier alpha value is -2.54. The van der Waals surface area contributed by atoms with E-state index in [0.717, 1.165) is 11.3 Å². The van der Waals surface area contributed by atoms with Gasteiger partial charge in [-0.15, -0.1) is 10.2 Å². The number of aromatic nitrogens is 3. The molecule has 0 amide bonds. The van der Waals surface area contributed by atoms with Gasteiger partial charge in [0, 0.05) is 16.9 Å². The molecule has 7 heteroatoms. The summed E-state index contributed by atoms with van der Waals surface area (Å²) in [6.07, 6.45) is 0. The summed E-state index contributed by atoms with van der Waals surface area (Å²) in [6, 6.07) is 13.9. The van der Waals surface area contributed by atoms with Gasteiger partial charge in [-0.2, -0.15) is 0 Å². The molecule has 0 fully saturated rings. The predicted molar refractivity (Wildman–Crippen MR) is 92.7 cm³/mol. The Bertz CT molecular complexity index is 820. The minimum Gasteiger partial charge on any atom is -0.494 e. The first kappa shape index (κ1) is 16.3. The number of benzene rings is 2. The zero-order valence-corrected chi connectivity index (χ0v) is 14.0. The van der Waals surface area contributed by atoms with Crippen LogP contribution in [0.5, 0.6) is 5.75 Å². The number of nitrogen functional groups attached to an aromatic ring is 1.